The first-order valence-corrected chi connectivity index (χ1v) is 6.28. The molecule has 1 aliphatic rings. The predicted molar refractivity (Wildman–Crippen MR) is 71.8 cm³/mol. The van der Waals surface area contributed by atoms with Crippen LogP contribution < -0.4 is 9.64 Å². The van der Waals surface area contributed by atoms with Gasteiger partial charge in [-0.15, -0.1) is 0 Å². The lowest BCUT2D eigenvalue weighted by atomic mass is 10.1. The number of thiol groups is 1. The standard InChI is InChI=1S/C13H19NOS/c1-14(9-13(10-16)7-8-13)11-3-5-12(15-2)6-4-11/h3-6,16H,7-10H2,1-2H3. The van der Waals surface area contributed by atoms with Gasteiger partial charge in [0.25, 0.3) is 0 Å². The van der Waals surface area contributed by atoms with Gasteiger partial charge >= 0.3 is 0 Å². The Balaban J connectivity index is 2.00. The van der Waals surface area contributed by atoms with Crippen molar-refractivity contribution in [2.45, 2.75) is 12.8 Å². The van der Waals surface area contributed by atoms with Crippen molar-refractivity contribution >= 4 is 18.3 Å². The fourth-order valence-electron chi connectivity index (χ4n) is 1.97. The minimum atomic E-state index is 0.470. The fourth-order valence-corrected chi connectivity index (χ4v) is 2.39. The second-order valence-electron chi connectivity index (χ2n) is 4.71. The maximum atomic E-state index is 5.15. The summed E-state index contributed by atoms with van der Waals surface area (Å²) in [5, 5.41) is 0. The average molecular weight is 237 g/mol. The molecule has 0 saturated heterocycles. The van der Waals surface area contributed by atoms with Crippen LogP contribution in [0.2, 0.25) is 0 Å². The molecule has 88 valence electrons. The van der Waals surface area contributed by atoms with Crippen molar-refractivity contribution in [1.82, 2.24) is 0 Å². The monoisotopic (exact) mass is 237 g/mol. The summed E-state index contributed by atoms with van der Waals surface area (Å²) in [7, 11) is 3.84. The minimum Gasteiger partial charge on any atom is -0.497 e. The summed E-state index contributed by atoms with van der Waals surface area (Å²) in [4.78, 5) is 2.31. The average Bonchev–Trinajstić information content (AvgIpc) is 3.09. The highest BCUT2D eigenvalue weighted by Gasteiger charge is 2.42. The molecule has 0 unspecified atom stereocenters. The molecule has 0 radical (unpaired) electrons. The summed E-state index contributed by atoms with van der Waals surface area (Å²) in [6.45, 7) is 1.10. The highest BCUT2D eigenvalue weighted by molar-refractivity contribution is 7.80. The number of ether oxygens (including phenoxy) is 1. The normalized spacial score (nSPS) is 16.9. The largest absolute Gasteiger partial charge is 0.497 e. The molecular weight excluding hydrogens is 218 g/mol. The lowest BCUT2D eigenvalue weighted by Crippen LogP contribution is -2.27. The van der Waals surface area contributed by atoms with Gasteiger partial charge < -0.3 is 9.64 Å². The third-order valence-corrected chi connectivity index (χ3v) is 4.05. The van der Waals surface area contributed by atoms with Crippen LogP contribution in [0.1, 0.15) is 12.8 Å². The molecule has 1 aliphatic carbocycles. The van der Waals surface area contributed by atoms with Gasteiger partial charge in [-0.05, 0) is 48.3 Å². The molecule has 0 spiro atoms. The van der Waals surface area contributed by atoms with Crippen LogP contribution in [0, 0.1) is 5.41 Å². The Morgan fingerprint density at radius 3 is 2.38 bits per heavy atom. The van der Waals surface area contributed by atoms with E-state index in [1.54, 1.807) is 7.11 Å². The lowest BCUT2D eigenvalue weighted by molar-refractivity contribution is 0.415. The number of anilines is 1. The molecule has 1 saturated carbocycles. The molecule has 0 bridgehead atoms. The van der Waals surface area contributed by atoms with Crippen LogP contribution >= 0.6 is 12.6 Å². The molecule has 0 aromatic heterocycles. The zero-order valence-corrected chi connectivity index (χ0v) is 10.8. The van der Waals surface area contributed by atoms with E-state index in [0.29, 0.717) is 5.41 Å². The highest BCUT2D eigenvalue weighted by Crippen LogP contribution is 2.47. The third kappa shape index (κ3) is 2.46. The summed E-state index contributed by atoms with van der Waals surface area (Å²) in [6.07, 6.45) is 2.63. The molecule has 0 aliphatic heterocycles. The fraction of sp³-hybridized carbons (Fsp3) is 0.538. The summed E-state index contributed by atoms with van der Waals surface area (Å²) in [5.74, 6) is 1.90. The molecule has 0 amide bonds. The summed E-state index contributed by atoms with van der Waals surface area (Å²) in [6, 6.07) is 8.22. The highest BCUT2D eigenvalue weighted by atomic mass is 32.1. The number of rotatable bonds is 5. The van der Waals surface area contributed by atoms with E-state index in [-0.39, 0.29) is 0 Å². The van der Waals surface area contributed by atoms with Crippen molar-refractivity contribution in [3.63, 3.8) is 0 Å². The molecule has 1 aromatic carbocycles. The van der Waals surface area contributed by atoms with Gasteiger partial charge in [0.15, 0.2) is 0 Å². The van der Waals surface area contributed by atoms with Gasteiger partial charge in [0.05, 0.1) is 7.11 Å². The van der Waals surface area contributed by atoms with Crippen LogP contribution in [0.3, 0.4) is 0 Å². The van der Waals surface area contributed by atoms with Gasteiger partial charge in [-0.3, -0.25) is 0 Å². The molecule has 16 heavy (non-hydrogen) atoms. The Bertz CT molecular complexity index is 345. The van der Waals surface area contributed by atoms with Crippen molar-refractivity contribution in [1.29, 1.82) is 0 Å². The van der Waals surface area contributed by atoms with E-state index < -0.39 is 0 Å². The van der Waals surface area contributed by atoms with Crippen molar-refractivity contribution in [3.05, 3.63) is 24.3 Å². The summed E-state index contributed by atoms with van der Waals surface area (Å²) in [5.41, 5.74) is 1.71. The van der Waals surface area contributed by atoms with Crippen molar-refractivity contribution in [2.24, 2.45) is 5.41 Å². The first-order chi connectivity index (χ1) is 7.69. The number of hydrogen-bond donors (Lipinski definition) is 1. The van der Waals surface area contributed by atoms with Gasteiger partial charge in [0, 0.05) is 19.3 Å². The number of hydrogen-bond acceptors (Lipinski definition) is 3. The first-order valence-electron chi connectivity index (χ1n) is 5.65. The maximum absolute atomic E-state index is 5.15. The zero-order valence-electron chi connectivity index (χ0n) is 9.94. The zero-order chi connectivity index (χ0) is 11.6. The molecular formula is C13H19NOS. The Labute approximate surface area is 103 Å². The molecule has 0 N–H and O–H groups in total. The molecule has 1 aromatic rings. The second kappa shape index (κ2) is 4.58. The molecule has 1 fully saturated rings. The molecule has 0 atom stereocenters. The van der Waals surface area contributed by atoms with Crippen molar-refractivity contribution in [3.8, 4) is 5.75 Å². The third-order valence-electron chi connectivity index (χ3n) is 3.38. The van der Waals surface area contributed by atoms with Gasteiger partial charge in [0.2, 0.25) is 0 Å². The number of methoxy groups -OCH3 is 1. The maximum Gasteiger partial charge on any atom is 0.119 e. The Hall–Kier alpha value is -0.830. The Morgan fingerprint density at radius 1 is 1.31 bits per heavy atom. The van der Waals surface area contributed by atoms with E-state index in [1.165, 1.54) is 18.5 Å². The Kier molecular flexibility index (Phi) is 3.33. The van der Waals surface area contributed by atoms with Gasteiger partial charge in [0.1, 0.15) is 5.75 Å². The number of nitrogens with zero attached hydrogens (tertiary/aromatic N) is 1. The second-order valence-corrected chi connectivity index (χ2v) is 5.03. The Morgan fingerprint density at radius 2 is 1.94 bits per heavy atom. The van der Waals surface area contributed by atoms with Crippen molar-refractivity contribution in [2.75, 3.05) is 31.4 Å². The minimum absolute atomic E-state index is 0.470. The van der Waals surface area contributed by atoms with Gasteiger partial charge in [-0.25, -0.2) is 0 Å². The molecule has 0 heterocycles. The summed E-state index contributed by atoms with van der Waals surface area (Å²) >= 11 is 4.44. The first kappa shape index (κ1) is 11.6. The van der Waals surface area contributed by atoms with E-state index >= 15 is 0 Å². The summed E-state index contributed by atoms with van der Waals surface area (Å²) < 4.78 is 5.15. The smallest absolute Gasteiger partial charge is 0.119 e. The SMILES string of the molecule is COc1ccc(N(C)CC2(CS)CC2)cc1. The van der Waals surface area contributed by atoms with Crippen molar-refractivity contribution < 1.29 is 4.74 Å². The van der Waals surface area contributed by atoms with E-state index in [0.717, 1.165) is 18.0 Å². The quantitative estimate of drug-likeness (QED) is 0.791. The van der Waals surface area contributed by atoms with Crippen LogP contribution in [0.25, 0.3) is 0 Å². The van der Waals surface area contributed by atoms with E-state index in [4.69, 9.17) is 4.74 Å². The topological polar surface area (TPSA) is 12.5 Å². The van der Waals surface area contributed by atoms with Crippen LogP contribution in [0.5, 0.6) is 5.75 Å². The molecule has 3 heteroatoms. The van der Waals surface area contributed by atoms with Gasteiger partial charge in [-0.1, -0.05) is 0 Å². The lowest BCUT2D eigenvalue weighted by Gasteiger charge is -2.24. The van der Waals surface area contributed by atoms with Gasteiger partial charge in [-0.2, -0.15) is 12.6 Å². The predicted octanol–water partition coefficient (Wildman–Crippen LogP) is 2.84. The van der Waals surface area contributed by atoms with Crippen LogP contribution in [-0.4, -0.2) is 26.5 Å². The van der Waals surface area contributed by atoms with Crippen LogP contribution in [0.15, 0.2) is 24.3 Å². The van der Waals surface area contributed by atoms with E-state index in [2.05, 4.69) is 36.7 Å². The van der Waals surface area contributed by atoms with E-state index in [1.807, 2.05) is 12.1 Å². The molecule has 2 rings (SSSR count). The molecule has 2 nitrogen and oxygen atoms in total. The van der Waals surface area contributed by atoms with E-state index in [9.17, 15) is 0 Å². The van der Waals surface area contributed by atoms with Crippen LogP contribution in [-0.2, 0) is 0 Å². The van der Waals surface area contributed by atoms with Crippen LogP contribution in [0.4, 0.5) is 5.69 Å². The number of benzene rings is 1.